The van der Waals surface area contributed by atoms with E-state index in [9.17, 15) is 9.59 Å². The zero-order valence-electron chi connectivity index (χ0n) is 15.5. The zero-order chi connectivity index (χ0) is 19.0. The Labute approximate surface area is 160 Å². The summed E-state index contributed by atoms with van der Waals surface area (Å²) in [4.78, 5) is 26.3. The number of ether oxygens (including phenoxy) is 1. The molecule has 138 valence electrons. The molecule has 0 aromatic carbocycles. The highest BCUT2D eigenvalue weighted by Gasteiger charge is 2.24. The van der Waals surface area contributed by atoms with Crippen LogP contribution in [0.2, 0.25) is 0 Å². The van der Waals surface area contributed by atoms with Crippen LogP contribution in [0, 0.1) is 13.8 Å². The summed E-state index contributed by atoms with van der Waals surface area (Å²) in [5.41, 5.74) is 2.95. The van der Waals surface area contributed by atoms with Crippen LogP contribution in [0.3, 0.4) is 0 Å². The molecule has 0 radical (unpaired) electrons. The van der Waals surface area contributed by atoms with Crippen molar-refractivity contribution in [3.63, 3.8) is 0 Å². The molecule has 0 bridgehead atoms. The molecule has 3 aromatic rings. The average Bonchev–Trinajstić information content (AvgIpc) is 3.21. The molecule has 1 N–H and O–H groups in total. The molecule has 0 atom stereocenters. The van der Waals surface area contributed by atoms with Gasteiger partial charge in [-0.25, -0.2) is 4.79 Å². The number of hydrogen-bond donors (Lipinski definition) is 1. The number of amides is 1. The topological polar surface area (TPSA) is 60.3 Å². The number of nitrogens with one attached hydrogen (secondary N) is 1. The number of hydrogen-bond acceptors (Lipinski definition) is 5. The van der Waals surface area contributed by atoms with Crippen LogP contribution < -0.4 is 5.32 Å². The van der Waals surface area contributed by atoms with Crippen LogP contribution in [0.4, 0.5) is 5.00 Å². The maximum Gasteiger partial charge on any atom is 0.341 e. The number of thiophene rings is 2. The fourth-order valence-corrected chi connectivity index (χ4v) is 4.86. The smallest absolute Gasteiger partial charge is 0.341 e. The predicted molar refractivity (Wildman–Crippen MR) is 108 cm³/mol. The highest BCUT2D eigenvalue weighted by molar-refractivity contribution is 7.17. The summed E-state index contributed by atoms with van der Waals surface area (Å²) in [5.74, 6) is -0.612. The first-order valence-electron chi connectivity index (χ1n) is 8.52. The first-order valence-corrected chi connectivity index (χ1v) is 10.2. The van der Waals surface area contributed by atoms with E-state index in [0.717, 1.165) is 20.7 Å². The third kappa shape index (κ3) is 3.17. The number of rotatable bonds is 5. The first kappa shape index (κ1) is 18.7. The third-order valence-corrected chi connectivity index (χ3v) is 6.28. The lowest BCUT2D eigenvalue weighted by Crippen LogP contribution is -2.19. The lowest BCUT2D eigenvalue weighted by molar-refractivity contribution is 0.0527. The van der Waals surface area contributed by atoms with E-state index in [1.54, 1.807) is 18.3 Å². The molecule has 0 aliphatic carbocycles. The van der Waals surface area contributed by atoms with Crippen LogP contribution >= 0.6 is 22.7 Å². The lowest BCUT2D eigenvalue weighted by atomic mass is 10.1. The maximum absolute atomic E-state index is 13.0. The molecule has 0 aliphatic rings. The highest BCUT2D eigenvalue weighted by Crippen LogP contribution is 2.34. The maximum atomic E-state index is 13.0. The van der Waals surface area contributed by atoms with Crippen molar-refractivity contribution in [1.82, 2.24) is 4.57 Å². The van der Waals surface area contributed by atoms with Crippen LogP contribution in [0.25, 0.3) is 10.2 Å². The Morgan fingerprint density at radius 1 is 1.31 bits per heavy atom. The van der Waals surface area contributed by atoms with Crippen molar-refractivity contribution < 1.29 is 14.3 Å². The quantitative estimate of drug-likeness (QED) is 0.594. The van der Waals surface area contributed by atoms with Gasteiger partial charge in [-0.05, 0) is 57.7 Å². The normalized spacial score (nSPS) is 11.3. The molecule has 7 heteroatoms. The van der Waals surface area contributed by atoms with Gasteiger partial charge in [0.2, 0.25) is 0 Å². The molecule has 0 aliphatic heterocycles. The van der Waals surface area contributed by atoms with Crippen molar-refractivity contribution in [2.45, 2.75) is 40.7 Å². The van der Waals surface area contributed by atoms with Crippen molar-refractivity contribution >= 4 is 49.8 Å². The molecule has 0 saturated carbocycles. The first-order chi connectivity index (χ1) is 12.3. The van der Waals surface area contributed by atoms with Gasteiger partial charge in [-0.3, -0.25) is 4.79 Å². The number of esters is 1. The SMILES string of the molecule is CCOC(=O)c1c(NC(=O)c2cc3sccc3n2C(C)C)sc(C)c1C. The third-order valence-electron chi connectivity index (χ3n) is 4.30. The highest BCUT2D eigenvalue weighted by atomic mass is 32.1. The monoisotopic (exact) mass is 390 g/mol. The van der Waals surface area contributed by atoms with Crippen molar-refractivity contribution in [2.24, 2.45) is 0 Å². The summed E-state index contributed by atoms with van der Waals surface area (Å²) in [6.45, 7) is 9.99. The number of anilines is 1. The molecule has 0 spiro atoms. The van der Waals surface area contributed by atoms with Gasteiger partial charge in [-0.2, -0.15) is 0 Å². The number of nitrogens with zero attached hydrogens (tertiary/aromatic N) is 1. The van der Waals surface area contributed by atoms with Gasteiger partial charge in [0.1, 0.15) is 10.7 Å². The van der Waals surface area contributed by atoms with E-state index >= 15 is 0 Å². The summed E-state index contributed by atoms with van der Waals surface area (Å²) in [5, 5.41) is 5.51. The van der Waals surface area contributed by atoms with E-state index in [1.807, 2.05) is 35.9 Å². The van der Waals surface area contributed by atoms with E-state index in [0.29, 0.717) is 22.9 Å². The molecular weight excluding hydrogens is 368 g/mol. The van der Waals surface area contributed by atoms with Gasteiger partial charge in [0, 0.05) is 10.9 Å². The fraction of sp³-hybridized carbons (Fsp3) is 0.368. The number of aryl methyl sites for hydroxylation is 1. The van der Waals surface area contributed by atoms with Gasteiger partial charge < -0.3 is 14.6 Å². The Morgan fingerprint density at radius 3 is 2.69 bits per heavy atom. The Morgan fingerprint density at radius 2 is 2.04 bits per heavy atom. The Balaban J connectivity index is 1.99. The number of carbonyl (C=O) groups is 2. The van der Waals surface area contributed by atoms with Crippen molar-refractivity contribution in [2.75, 3.05) is 11.9 Å². The van der Waals surface area contributed by atoms with E-state index in [2.05, 4.69) is 19.2 Å². The van der Waals surface area contributed by atoms with E-state index in [-0.39, 0.29) is 11.9 Å². The standard InChI is InChI=1S/C19H22N2O3S2/c1-6-24-19(23)16-11(4)12(5)26-18(16)20-17(22)14-9-15-13(7-8-25-15)21(14)10(2)3/h7-10H,6H2,1-5H3,(H,20,22). The van der Waals surface area contributed by atoms with Crippen LogP contribution in [0.15, 0.2) is 17.5 Å². The molecule has 3 aromatic heterocycles. The van der Waals surface area contributed by atoms with Gasteiger partial charge in [0.15, 0.2) is 0 Å². The fourth-order valence-electron chi connectivity index (χ4n) is 3.01. The minimum Gasteiger partial charge on any atom is -0.462 e. The molecule has 26 heavy (non-hydrogen) atoms. The summed E-state index contributed by atoms with van der Waals surface area (Å²) < 4.78 is 8.26. The molecule has 0 saturated heterocycles. The van der Waals surface area contributed by atoms with Crippen LogP contribution in [0.5, 0.6) is 0 Å². The van der Waals surface area contributed by atoms with Gasteiger partial charge in [0.05, 0.1) is 22.4 Å². The second-order valence-electron chi connectivity index (χ2n) is 6.33. The van der Waals surface area contributed by atoms with Crippen LogP contribution in [0.1, 0.15) is 58.1 Å². The Kier molecular flexibility index (Phi) is 5.20. The average molecular weight is 391 g/mol. The van der Waals surface area contributed by atoms with Crippen molar-refractivity contribution in [3.05, 3.63) is 39.2 Å². The molecule has 1 amide bonds. The second kappa shape index (κ2) is 7.25. The Bertz CT molecular complexity index is 979. The molecule has 0 unspecified atom stereocenters. The molecular formula is C19H22N2O3S2. The van der Waals surface area contributed by atoms with Gasteiger partial charge in [0.25, 0.3) is 5.91 Å². The molecule has 3 heterocycles. The molecule has 3 rings (SSSR count). The number of fused-ring (bicyclic) bond motifs is 1. The number of aromatic nitrogens is 1. The molecule has 5 nitrogen and oxygen atoms in total. The van der Waals surface area contributed by atoms with Gasteiger partial charge in [-0.15, -0.1) is 22.7 Å². The number of carbonyl (C=O) groups excluding carboxylic acids is 2. The summed E-state index contributed by atoms with van der Waals surface area (Å²) in [7, 11) is 0. The van der Waals surface area contributed by atoms with Crippen LogP contribution in [-0.2, 0) is 4.74 Å². The largest absolute Gasteiger partial charge is 0.462 e. The molecule has 0 fully saturated rings. The van der Waals surface area contributed by atoms with E-state index < -0.39 is 5.97 Å². The summed E-state index contributed by atoms with van der Waals surface area (Å²) in [6.07, 6.45) is 0. The predicted octanol–water partition coefficient (Wildman–Crippen LogP) is 5.39. The van der Waals surface area contributed by atoms with Crippen LogP contribution in [-0.4, -0.2) is 23.1 Å². The van der Waals surface area contributed by atoms with Crippen molar-refractivity contribution in [3.8, 4) is 0 Å². The second-order valence-corrected chi connectivity index (χ2v) is 8.50. The lowest BCUT2D eigenvalue weighted by Gasteiger charge is -2.14. The van der Waals surface area contributed by atoms with Gasteiger partial charge >= 0.3 is 5.97 Å². The van der Waals surface area contributed by atoms with E-state index in [1.165, 1.54) is 11.3 Å². The van der Waals surface area contributed by atoms with Gasteiger partial charge in [-0.1, -0.05) is 0 Å². The zero-order valence-corrected chi connectivity index (χ0v) is 17.1. The van der Waals surface area contributed by atoms with E-state index in [4.69, 9.17) is 4.74 Å². The summed E-state index contributed by atoms with van der Waals surface area (Å²) in [6, 6.07) is 4.09. The minimum atomic E-state index is -0.398. The summed E-state index contributed by atoms with van der Waals surface area (Å²) >= 11 is 3.01. The van der Waals surface area contributed by atoms with Crippen molar-refractivity contribution in [1.29, 1.82) is 0 Å². The minimum absolute atomic E-state index is 0.152. The Hall–Kier alpha value is -2.12.